The predicted molar refractivity (Wildman–Crippen MR) is 66.1 cm³/mol. The number of hydrogen-bond acceptors (Lipinski definition) is 3. The van der Waals surface area contributed by atoms with Crippen molar-refractivity contribution in [3.8, 4) is 0 Å². The van der Waals surface area contributed by atoms with Crippen LogP contribution in [0.3, 0.4) is 0 Å². The molecule has 3 nitrogen and oxygen atoms in total. The highest BCUT2D eigenvalue weighted by atomic mass is 16.2. The molecule has 16 heavy (non-hydrogen) atoms. The standard InChI is InChI=1S/C7H17N.C6H4O2/c1-3-5-7(8)6-4-2;7-5-3-1-2-4-6(5)8/h7H,3-6,8H2,1-2H3;1-4H. The molecular weight excluding hydrogens is 202 g/mol. The van der Waals surface area contributed by atoms with E-state index in [1.165, 1.54) is 37.8 Å². The van der Waals surface area contributed by atoms with Gasteiger partial charge < -0.3 is 5.73 Å². The van der Waals surface area contributed by atoms with E-state index in [9.17, 15) is 9.59 Å². The molecule has 0 saturated carbocycles. The Morgan fingerprint density at radius 3 is 1.62 bits per heavy atom. The molecule has 0 amide bonds. The van der Waals surface area contributed by atoms with Crippen molar-refractivity contribution in [2.75, 3.05) is 0 Å². The zero-order valence-electron chi connectivity index (χ0n) is 10.1. The highest BCUT2D eigenvalue weighted by molar-refractivity contribution is 6.46. The fraction of sp³-hybridized carbons (Fsp3) is 0.538. The Balaban J connectivity index is 0.000000281. The van der Waals surface area contributed by atoms with Gasteiger partial charge in [0.1, 0.15) is 0 Å². The molecule has 0 atom stereocenters. The van der Waals surface area contributed by atoms with Crippen LogP contribution in [0, 0.1) is 0 Å². The molecule has 1 aliphatic rings. The normalized spacial score (nSPS) is 14.0. The Labute approximate surface area is 97.4 Å². The SMILES string of the molecule is CCCC(N)CCC.O=C1C=CC=CC1=O. The fourth-order valence-corrected chi connectivity index (χ4v) is 1.34. The highest BCUT2D eigenvalue weighted by Crippen LogP contribution is 1.99. The van der Waals surface area contributed by atoms with Crippen LogP contribution in [-0.4, -0.2) is 17.6 Å². The Hall–Kier alpha value is -1.22. The Kier molecular flexibility index (Phi) is 8.35. The molecule has 1 aliphatic carbocycles. The summed E-state index contributed by atoms with van der Waals surface area (Å²) in [4.78, 5) is 20.6. The van der Waals surface area contributed by atoms with Crippen molar-refractivity contribution >= 4 is 11.6 Å². The summed E-state index contributed by atoms with van der Waals surface area (Å²) < 4.78 is 0. The lowest BCUT2D eigenvalue weighted by molar-refractivity contribution is -0.131. The predicted octanol–water partition coefficient (Wildman–Crippen LogP) is 2.16. The van der Waals surface area contributed by atoms with Crippen LogP contribution in [0.2, 0.25) is 0 Å². The quantitative estimate of drug-likeness (QED) is 0.587. The van der Waals surface area contributed by atoms with Gasteiger partial charge >= 0.3 is 0 Å². The molecule has 2 N–H and O–H groups in total. The summed E-state index contributed by atoms with van der Waals surface area (Å²) >= 11 is 0. The van der Waals surface area contributed by atoms with E-state index in [1.54, 1.807) is 12.2 Å². The van der Waals surface area contributed by atoms with Gasteiger partial charge in [-0.05, 0) is 25.0 Å². The number of nitrogens with two attached hydrogens (primary N) is 1. The topological polar surface area (TPSA) is 60.2 Å². The van der Waals surface area contributed by atoms with Crippen molar-refractivity contribution in [1.82, 2.24) is 0 Å². The van der Waals surface area contributed by atoms with Crippen LogP contribution in [0.1, 0.15) is 39.5 Å². The lowest BCUT2D eigenvalue weighted by atomic mass is 10.1. The van der Waals surface area contributed by atoms with Gasteiger partial charge in [0.2, 0.25) is 11.6 Å². The van der Waals surface area contributed by atoms with E-state index >= 15 is 0 Å². The monoisotopic (exact) mass is 223 g/mol. The maximum absolute atomic E-state index is 10.3. The van der Waals surface area contributed by atoms with Gasteiger partial charge in [-0.15, -0.1) is 0 Å². The van der Waals surface area contributed by atoms with E-state index < -0.39 is 11.6 Å². The van der Waals surface area contributed by atoms with E-state index in [-0.39, 0.29) is 0 Å². The number of hydrogen-bond donors (Lipinski definition) is 1. The smallest absolute Gasteiger partial charge is 0.225 e. The zero-order chi connectivity index (χ0) is 12.4. The summed E-state index contributed by atoms with van der Waals surface area (Å²) in [6.07, 6.45) is 10.4. The van der Waals surface area contributed by atoms with E-state index in [0.29, 0.717) is 6.04 Å². The zero-order valence-corrected chi connectivity index (χ0v) is 10.1. The van der Waals surface area contributed by atoms with Crippen molar-refractivity contribution < 1.29 is 9.59 Å². The van der Waals surface area contributed by atoms with Crippen LogP contribution in [0.25, 0.3) is 0 Å². The molecule has 90 valence electrons. The first-order valence-corrected chi connectivity index (χ1v) is 5.80. The minimum Gasteiger partial charge on any atom is -0.328 e. The van der Waals surface area contributed by atoms with Crippen molar-refractivity contribution in [2.45, 2.75) is 45.6 Å². The van der Waals surface area contributed by atoms with Gasteiger partial charge in [-0.1, -0.05) is 38.8 Å². The van der Waals surface area contributed by atoms with Gasteiger partial charge in [0.25, 0.3) is 0 Å². The average Bonchev–Trinajstić information content (AvgIpc) is 2.24. The number of rotatable bonds is 4. The molecule has 0 aromatic rings. The largest absolute Gasteiger partial charge is 0.328 e. The summed E-state index contributed by atoms with van der Waals surface area (Å²) in [6, 6.07) is 0.463. The number of carbonyl (C=O) groups excluding carboxylic acids is 2. The summed E-state index contributed by atoms with van der Waals surface area (Å²) in [6.45, 7) is 4.35. The molecule has 0 radical (unpaired) electrons. The maximum atomic E-state index is 10.3. The van der Waals surface area contributed by atoms with Crippen LogP contribution in [0.4, 0.5) is 0 Å². The Morgan fingerprint density at radius 2 is 1.38 bits per heavy atom. The molecule has 0 fully saturated rings. The van der Waals surface area contributed by atoms with Crippen molar-refractivity contribution in [2.24, 2.45) is 5.73 Å². The van der Waals surface area contributed by atoms with Gasteiger partial charge in [-0.2, -0.15) is 0 Å². The first-order chi connectivity index (χ1) is 7.61. The molecule has 3 heteroatoms. The van der Waals surface area contributed by atoms with E-state index in [2.05, 4.69) is 13.8 Å². The summed E-state index contributed by atoms with van der Waals surface area (Å²) in [7, 11) is 0. The molecule has 0 aromatic heterocycles. The second-order valence-corrected chi connectivity index (χ2v) is 3.78. The molecule has 0 saturated heterocycles. The third kappa shape index (κ3) is 7.12. The molecule has 1 rings (SSSR count). The first-order valence-electron chi connectivity index (χ1n) is 5.80. The second kappa shape index (κ2) is 9.04. The summed E-state index contributed by atoms with van der Waals surface area (Å²) in [5, 5.41) is 0. The van der Waals surface area contributed by atoms with Gasteiger partial charge in [-0.25, -0.2) is 0 Å². The fourth-order valence-electron chi connectivity index (χ4n) is 1.34. The maximum Gasteiger partial charge on any atom is 0.225 e. The molecule has 0 heterocycles. The third-order valence-electron chi connectivity index (χ3n) is 2.17. The van der Waals surface area contributed by atoms with Crippen LogP contribution in [-0.2, 0) is 9.59 Å². The second-order valence-electron chi connectivity index (χ2n) is 3.78. The number of ketones is 2. The van der Waals surface area contributed by atoms with E-state index in [4.69, 9.17) is 5.73 Å². The number of carbonyl (C=O) groups is 2. The van der Waals surface area contributed by atoms with Gasteiger partial charge in [0.15, 0.2) is 0 Å². The molecule has 0 spiro atoms. The third-order valence-corrected chi connectivity index (χ3v) is 2.17. The first kappa shape index (κ1) is 14.8. The lowest BCUT2D eigenvalue weighted by Gasteiger charge is -2.05. The van der Waals surface area contributed by atoms with Crippen molar-refractivity contribution in [3.05, 3.63) is 24.3 Å². The van der Waals surface area contributed by atoms with Crippen LogP contribution in [0.15, 0.2) is 24.3 Å². The molecular formula is C13H21NO2. The van der Waals surface area contributed by atoms with Crippen LogP contribution < -0.4 is 5.73 Å². The minimum absolute atomic E-state index is 0.437. The van der Waals surface area contributed by atoms with Gasteiger partial charge in [0, 0.05) is 6.04 Å². The van der Waals surface area contributed by atoms with Crippen LogP contribution in [0.5, 0.6) is 0 Å². The summed E-state index contributed by atoms with van der Waals surface area (Å²) in [5.74, 6) is -0.875. The number of allylic oxidation sites excluding steroid dienone is 4. The van der Waals surface area contributed by atoms with E-state index in [0.717, 1.165) is 0 Å². The van der Waals surface area contributed by atoms with Gasteiger partial charge in [-0.3, -0.25) is 9.59 Å². The average molecular weight is 223 g/mol. The van der Waals surface area contributed by atoms with E-state index in [1.807, 2.05) is 0 Å². The lowest BCUT2D eigenvalue weighted by Crippen LogP contribution is -2.18. The Morgan fingerprint density at radius 1 is 1.00 bits per heavy atom. The summed E-state index contributed by atoms with van der Waals surface area (Å²) in [5.41, 5.74) is 5.69. The highest BCUT2D eigenvalue weighted by Gasteiger charge is 2.06. The van der Waals surface area contributed by atoms with Crippen molar-refractivity contribution in [1.29, 1.82) is 0 Å². The van der Waals surface area contributed by atoms with Crippen molar-refractivity contribution in [3.63, 3.8) is 0 Å². The molecule has 0 aliphatic heterocycles. The molecule has 0 aromatic carbocycles. The molecule has 0 unspecified atom stereocenters. The van der Waals surface area contributed by atoms with Crippen LogP contribution >= 0.6 is 0 Å². The molecule has 0 bridgehead atoms. The Bertz CT molecular complexity index is 252. The minimum atomic E-state index is -0.437. The van der Waals surface area contributed by atoms with Gasteiger partial charge in [0.05, 0.1) is 0 Å².